The van der Waals surface area contributed by atoms with E-state index in [0.29, 0.717) is 18.8 Å². The third-order valence-electron chi connectivity index (χ3n) is 4.74. The first-order chi connectivity index (χ1) is 14.5. The number of aromatic nitrogens is 2. The van der Waals surface area contributed by atoms with Gasteiger partial charge in [0.15, 0.2) is 5.69 Å². The average Bonchev–Trinajstić information content (AvgIpc) is 3.15. The maximum absolute atomic E-state index is 14.8. The zero-order valence-corrected chi connectivity index (χ0v) is 17.5. The van der Waals surface area contributed by atoms with E-state index in [-0.39, 0.29) is 21.8 Å². The lowest BCUT2D eigenvalue weighted by Crippen LogP contribution is -2.22. The SMILES string of the molecule is CCN(CC)c1ccc(-c2cc(C(F)(F)F)nn2-c2cccc(S(N)(=O)=O)c2)cc1F. The first-order valence-electron chi connectivity index (χ1n) is 9.31. The van der Waals surface area contributed by atoms with Crippen LogP contribution in [-0.2, 0) is 16.2 Å². The molecule has 166 valence electrons. The minimum Gasteiger partial charge on any atom is -0.370 e. The Morgan fingerprint density at radius 1 is 1.06 bits per heavy atom. The largest absolute Gasteiger partial charge is 0.435 e. The number of sulfonamides is 1. The van der Waals surface area contributed by atoms with Crippen molar-refractivity contribution in [3.8, 4) is 16.9 Å². The van der Waals surface area contributed by atoms with E-state index in [1.807, 2.05) is 13.8 Å². The van der Waals surface area contributed by atoms with Crippen LogP contribution in [-0.4, -0.2) is 31.3 Å². The van der Waals surface area contributed by atoms with E-state index in [1.54, 1.807) is 4.90 Å². The van der Waals surface area contributed by atoms with E-state index >= 15 is 0 Å². The van der Waals surface area contributed by atoms with Gasteiger partial charge < -0.3 is 4.90 Å². The second-order valence-electron chi connectivity index (χ2n) is 6.71. The smallest absolute Gasteiger partial charge is 0.370 e. The Balaban J connectivity index is 2.20. The van der Waals surface area contributed by atoms with Crippen LogP contribution in [0.3, 0.4) is 0 Å². The molecule has 1 aromatic heterocycles. The lowest BCUT2D eigenvalue weighted by molar-refractivity contribution is -0.141. The van der Waals surface area contributed by atoms with Gasteiger partial charge in [0.2, 0.25) is 10.0 Å². The van der Waals surface area contributed by atoms with Crippen LogP contribution >= 0.6 is 0 Å². The molecule has 0 saturated heterocycles. The van der Waals surface area contributed by atoms with Gasteiger partial charge in [-0.15, -0.1) is 0 Å². The van der Waals surface area contributed by atoms with Crippen LogP contribution in [0.5, 0.6) is 0 Å². The van der Waals surface area contributed by atoms with Crippen molar-refractivity contribution in [1.82, 2.24) is 9.78 Å². The van der Waals surface area contributed by atoms with Gasteiger partial charge >= 0.3 is 6.18 Å². The highest BCUT2D eigenvalue weighted by Crippen LogP contribution is 2.34. The van der Waals surface area contributed by atoms with Crippen molar-refractivity contribution in [3.05, 3.63) is 60.0 Å². The summed E-state index contributed by atoms with van der Waals surface area (Å²) in [4.78, 5) is 1.48. The van der Waals surface area contributed by atoms with Crippen LogP contribution < -0.4 is 10.0 Å². The lowest BCUT2D eigenvalue weighted by atomic mass is 10.1. The second kappa shape index (κ2) is 8.31. The van der Waals surface area contributed by atoms with Gasteiger partial charge in [0, 0.05) is 18.7 Å². The van der Waals surface area contributed by atoms with Gasteiger partial charge in [0.05, 0.1) is 22.0 Å². The Morgan fingerprint density at radius 3 is 2.29 bits per heavy atom. The standard InChI is InChI=1S/C20H20F4N4O2S/c1-3-27(4-2)17-9-8-13(10-16(17)21)18-12-19(20(22,23)24)26-28(18)14-6-5-7-15(11-14)31(25,29)30/h5-12H,3-4H2,1-2H3,(H2,25,29,30). The van der Waals surface area contributed by atoms with Crippen molar-refractivity contribution >= 4 is 15.7 Å². The summed E-state index contributed by atoms with van der Waals surface area (Å²) in [5.74, 6) is -0.596. The summed E-state index contributed by atoms with van der Waals surface area (Å²) in [6.45, 7) is 4.84. The first-order valence-corrected chi connectivity index (χ1v) is 10.9. The number of hydrogen-bond donors (Lipinski definition) is 1. The fourth-order valence-corrected chi connectivity index (χ4v) is 3.75. The molecule has 31 heavy (non-hydrogen) atoms. The van der Waals surface area contributed by atoms with Crippen molar-refractivity contribution in [2.75, 3.05) is 18.0 Å². The number of hydrogen-bond acceptors (Lipinski definition) is 4. The Bertz CT molecular complexity index is 1200. The summed E-state index contributed by atoms with van der Waals surface area (Å²) in [5.41, 5.74) is -0.740. The van der Waals surface area contributed by atoms with E-state index in [0.717, 1.165) is 22.9 Å². The maximum Gasteiger partial charge on any atom is 0.435 e. The van der Waals surface area contributed by atoms with Crippen LogP contribution in [0.1, 0.15) is 19.5 Å². The summed E-state index contributed by atoms with van der Waals surface area (Å²) in [6.07, 6.45) is -4.75. The summed E-state index contributed by atoms with van der Waals surface area (Å²) in [6, 6.07) is 9.93. The van der Waals surface area contributed by atoms with E-state index in [1.165, 1.54) is 30.3 Å². The Labute approximate surface area is 177 Å². The third kappa shape index (κ3) is 4.72. The van der Waals surface area contributed by atoms with Gasteiger partial charge in [-0.1, -0.05) is 12.1 Å². The quantitative estimate of drug-likeness (QED) is 0.564. The zero-order valence-electron chi connectivity index (χ0n) is 16.7. The molecule has 0 unspecified atom stereocenters. The summed E-state index contributed by atoms with van der Waals surface area (Å²) < 4.78 is 79.0. The highest BCUT2D eigenvalue weighted by molar-refractivity contribution is 7.89. The van der Waals surface area contributed by atoms with E-state index < -0.39 is 27.7 Å². The molecule has 1 heterocycles. The molecule has 0 saturated carbocycles. The molecule has 2 N–H and O–H groups in total. The van der Waals surface area contributed by atoms with Crippen molar-refractivity contribution in [2.24, 2.45) is 5.14 Å². The van der Waals surface area contributed by atoms with Crippen molar-refractivity contribution in [3.63, 3.8) is 0 Å². The molecule has 0 aliphatic heterocycles. The first kappa shape index (κ1) is 22.8. The number of nitrogens with two attached hydrogens (primary N) is 1. The molecule has 6 nitrogen and oxygen atoms in total. The predicted octanol–water partition coefficient (Wildman–Crippen LogP) is 4.19. The molecular weight excluding hydrogens is 436 g/mol. The van der Waals surface area contributed by atoms with Gasteiger partial charge in [0.25, 0.3) is 0 Å². The fourth-order valence-electron chi connectivity index (χ4n) is 3.20. The Morgan fingerprint density at radius 2 is 1.74 bits per heavy atom. The van der Waals surface area contributed by atoms with E-state index in [2.05, 4.69) is 5.10 Å². The molecule has 0 bridgehead atoms. The molecule has 3 rings (SSSR count). The number of nitrogens with zero attached hydrogens (tertiary/aromatic N) is 3. The van der Waals surface area contributed by atoms with Gasteiger partial charge in [-0.25, -0.2) is 22.6 Å². The normalized spacial score (nSPS) is 12.2. The van der Waals surface area contributed by atoms with E-state index in [4.69, 9.17) is 5.14 Å². The monoisotopic (exact) mass is 456 g/mol. The fraction of sp³-hybridized carbons (Fsp3) is 0.250. The number of primary sulfonamides is 1. The molecule has 0 radical (unpaired) electrons. The average molecular weight is 456 g/mol. The molecule has 0 amide bonds. The number of alkyl halides is 3. The van der Waals surface area contributed by atoms with Gasteiger partial charge in [0.1, 0.15) is 5.82 Å². The molecule has 0 aliphatic carbocycles. The molecule has 11 heteroatoms. The van der Waals surface area contributed by atoms with Crippen molar-refractivity contribution in [2.45, 2.75) is 24.9 Å². The van der Waals surface area contributed by atoms with Gasteiger partial charge in [-0.2, -0.15) is 18.3 Å². The maximum atomic E-state index is 14.8. The topological polar surface area (TPSA) is 81.2 Å². The molecule has 0 atom stereocenters. The van der Waals surface area contributed by atoms with Crippen LogP contribution in [0.25, 0.3) is 16.9 Å². The number of benzene rings is 2. The minimum atomic E-state index is -4.75. The molecule has 3 aromatic rings. The van der Waals surface area contributed by atoms with Crippen molar-refractivity contribution < 1.29 is 26.0 Å². The van der Waals surface area contributed by atoms with Crippen LogP contribution in [0.15, 0.2) is 53.4 Å². The molecule has 0 aliphatic rings. The number of anilines is 1. The second-order valence-corrected chi connectivity index (χ2v) is 8.27. The minimum absolute atomic E-state index is 0.0326. The third-order valence-corrected chi connectivity index (χ3v) is 5.65. The molecule has 0 spiro atoms. The number of halogens is 4. The lowest BCUT2D eigenvalue weighted by Gasteiger charge is -2.22. The van der Waals surface area contributed by atoms with Crippen molar-refractivity contribution in [1.29, 1.82) is 0 Å². The van der Waals surface area contributed by atoms with Gasteiger partial charge in [-0.3, -0.25) is 0 Å². The predicted molar refractivity (Wildman–Crippen MR) is 109 cm³/mol. The summed E-state index contributed by atoms with van der Waals surface area (Å²) in [5, 5.41) is 8.72. The summed E-state index contributed by atoms with van der Waals surface area (Å²) >= 11 is 0. The molecular formula is C20H20F4N4O2S. The highest BCUT2D eigenvalue weighted by Gasteiger charge is 2.35. The van der Waals surface area contributed by atoms with Crippen LogP contribution in [0.2, 0.25) is 0 Å². The summed E-state index contributed by atoms with van der Waals surface area (Å²) in [7, 11) is -4.09. The molecule has 0 fully saturated rings. The zero-order chi connectivity index (χ0) is 23.0. The Hall–Kier alpha value is -2.92. The molecule has 2 aromatic carbocycles. The van der Waals surface area contributed by atoms with Crippen LogP contribution in [0, 0.1) is 5.82 Å². The number of rotatable bonds is 6. The Kier molecular flexibility index (Phi) is 6.10. The van der Waals surface area contributed by atoms with Gasteiger partial charge in [-0.05, 0) is 50.2 Å². The van der Waals surface area contributed by atoms with Crippen LogP contribution in [0.4, 0.5) is 23.2 Å². The van der Waals surface area contributed by atoms with E-state index in [9.17, 15) is 26.0 Å². The highest BCUT2D eigenvalue weighted by atomic mass is 32.2.